The predicted octanol–water partition coefficient (Wildman–Crippen LogP) is 0.214. The summed E-state index contributed by atoms with van der Waals surface area (Å²) < 4.78 is 0. The fraction of sp³-hybridized carbons (Fsp3) is 0.231. The smallest absolute Gasteiger partial charge is 0.328 e. The molecule has 1 saturated heterocycles. The highest BCUT2D eigenvalue weighted by molar-refractivity contribution is 6.11. The van der Waals surface area contributed by atoms with Crippen LogP contribution in [-0.2, 0) is 25.8 Å². The number of rotatable bonds is 4. The van der Waals surface area contributed by atoms with Gasteiger partial charge in [0.15, 0.2) is 11.8 Å². The Balaban J connectivity index is 2.10. The van der Waals surface area contributed by atoms with Crippen LogP contribution >= 0.6 is 0 Å². The summed E-state index contributed by atoms with van der Waals surface area (Å²) in [6.07, 6.45) is 0. The van der Waals surface area contributed by atoms with Gasteiger partial charge in [-0.3, -0.25) is 14.4 Å². The van der Waals surface area contributed by atoms with E-state index in [-0.39, 0.29) is 13.2 Å². The summed E-state index contributed by atoms with van der Waals surface area (Å²) in [7, 11) is 0. The molecular weight excluding hydrogens is 250 g/mol. The van der Waals surface area contributed by atoms with Crippen LogP contribution in [-0.4, -0.2) is 40.5 Å². The first-order valence-corrected chi connectivity index (χ1v) is 5.58. The van der Waals surface area contributed by atoms with Crippen molar-refractivity contribution in [1.29, 1.82) is 0 Å². The number of Topliss-reactive ketones (excluding diaryl/α,β-unsaturated/α-hetero) is 1. The lowest BCUT2D eigenvalue weighted by Gasteiger charge is -2.19. The second-order valence-corrected chi connectivity index (χ2v) is 4.01. The van der Waals surface area contributed by atoms with E-state index >= 15 is 0 Å². The average molecular weight is 261 g/mol. The van der Waals surface area contributed by atoms with Crippen molar-refractivity contribution in [3.63, 3.8) is 0 Å². The Morgan fingerprint density at radius 3 is 2.68 bits per heavy atom. The van der Waals surface area contributed by atoms with Gasteiger partial charge in [-0.1, -0.05) is 30.3 Å². The van der Waals surface area contributed by atoms with Crippen molar-refractivity contribution in [2.24, 2.45) is 0 Å². The highest BCUT2D eigenvalue weighted by Crippen LogP contribution is 2.20. The largest absolute Gasteiger partial charge is 0.480 e. The molecule has 0 radical (unpaired) electrons. The third-order valence-electron chi connectivity index (χ3n) is 2.75. The Morgan fingerprint density at radius 2 is 2.11 bits per heavy atom. The maximum absolute atomic E-state index is 11.5. The van der Waals surface area contributed by atoms with Gasteiger partial charge in [-0.2, -0.15) is 5.06 Å². The number of ketones is 1. The summed E-state index contributed by atoms with van der Waals surface area (Å²) in [4.78, 5) is 38.4. The molecule has 0 bridgehead atoms. The molecule has 0 amide bonds. The number of hydroxylamine groups is 2. The standard InChI is InChI=1S/C13H11NO5/c15-7-10-11(16)6-14(12(10)13(17)18)19-8-9-4-2-1-3-5-9/h1-5,12H,6,8H2,(H,17,18)/t12-/m0/s1. The van der Waals surface area contributed by atoms with E-state index in [0.717, 1.165) is 10.6 Å². The normalized spacial score (nSPS) is 19.5. The molecule has 1 aliphatic rings. The lowest BCUT2D eigenvalue weighted by atomic mass is 10.1. The van der Waals surface area contributed by atoms with Crippen LogP contribution in [0.15, 0.2) is 35.9 Å². The molecule has 0 aromatic heterocycles. The molecule has 1 atom stereocenters. The molecule has 0 saturated carbocycles. The molecule has 1 N–H and O–H groups in total. The highest BCUT2D eigenvalue weighted by Gasteiger charge is 2.43. The zero-order chi connectivity index (χ0) is 13.8. The van der Waals surface area contributed by atoms with Gasteiger partial charge in [-0.25, -0.2) is 4.79 Å². The summed E-state index contributed by atoms with van der Waals surface area (Å²) in [6.45, 7) is -0.127. The van der Waals surface area contributed by atoms with Crippen molar-refractivity contribution < 1.29 is 24.3 Å². The predicted molar refractivity (Wildman–Crippen MR) is 63.6 cm³/mol. The first-order valence-electron chi connectivity index (χ1n) is 5.58. The Hall–Kier alpha value is -2.27. The van der Waals surface area contributed by atoms with Crippen LogP contribution in [0.3, 0.4) is 0 Å². The second-order valence-electron chi connectivity index (χ2n) is 4.01. The Bertz CT molecular complexity index is 547. The first kappa shape index (κ1) is 13.2. The summed E-state index contributed by atoms with van der Waals surface area (Å²) in [5.41, 5.74) is 0.434. The van der Waals surface area contributed by atoms with E-state index in [1.54, 1.807) is 0 Å². The zero-order valence-corrected chi connectivity index (χ0v) is 9.91. The highest BCUT2D eigenvalue weighted by atomic mass is 16.7. The van der Waals surface area contributed by atoms with Gasteiger partial charge in [-0.15, -0.1) is 0 Å². The van der Waals surface area contributed by atoms with E-state index in [4.69, 9.17) is 9.94 Å². The van der Waals surface area contributed by atoms with Crippen LogP contribution in [0, 0.1) is 0 Å². The Labute approximate surface area is 108 Å². The maximum Gasteiger partial charge on any atom is 0.328 e. The molecule has 1 aliphatic heterocycles. The molecule has 0 spiro atoms. The van der Waals surface area contributed by atoms with Crippen molar-refractivity contribution in [3.05, 3.63) is 41.5 Å². The van der Waals surface area contributed by atoms with E-state index in [2.05, 4.69) is 0 Å². The summed E-state index contributed by atoms with van der Waals surface area (Å²) in [6, 6.07) is 7.72. The van der Waals surface area contributed by atoms with Gasteiger partial charge in [0.2, 0.25) is 0 Å². The minimum atomic E-state index is -1.38. The fourth-order valence-electron chi connectivity index (χ4n) is 1.83. The molecule has 98 valence electrons. The average Bonchev–Trinajstić information content (AvgIpc) is 2.73. The number of hydrogen-bond acceptors (Lipinski definition) is 5. The van der Waals surface area contributed by atoms with Crippen LogP contribution < -0.4 is 0 Å². The van der Waals surface area contributed by atoms with Crippen molar-refractivity contribution in [3.8, 4) is 0 Å². The minimum Gasteiger partial charge on any atom is -0.480 e. The van der Waals surface area contributed by atoms with Gasteiger partial charge in [-0.05, 0) is 5.56 Å². The van der Waals surface area contributed by atoms with Crippen molar-refractivity contribution >= 4 is 17.7 Å². The quantitative estimate of drug-likeness (QED) is 0.616. The van der Waals surface area contributed by atoms with Crippen molar-refractivity contribution in [2.45, 2.75) is 12.6 Å². The van der Waals surface area contributed by atoms with Gasteiger partial charge in [0.25, 0.3) is 0 Å². The number of carboxylic acids is 1. The Morgan fingerprint density at radius 1 is 1.42 bits per heavy atom. The van der Waals surface area contributed by atoms with Gasteiger partial charge < -0.3 is 5.11 Å². The van der Waals surface area contributed by atoms with Crippen LogP contribution in [0.1, 0.15) is 5.56 Å². The van der Waals surface area contributed by atoms with Crippen LogP contribution in [0.4, 0.5) is 0 Å². The molecule has 1 aromatic rings. The molecule has 6 nitrogen and oxygen atoms in total. The van der Waals surface area contributed by atoms with Crippen LogP contribution in [0.5, 0.6) is 0 Å². The molecule has 2 rings (SSSR count). The number of carboxylic acid groups (broad SMARTS) is 1. The topological polar surface area (TPSA) is 83.9 Å². The van der Waals surface area contributed by atoms with Gasteiger partial charge in [0.05, 0.1) is 13.2 Å². The van der Waals surface area contributed by atoms with E-state index in [1.165, 1.54) is 5.94 Å². The molecule has 1 fully saturated rings. The van der Waals surface area contributed by atoms with E-state index < -0.39 is 23.4 Å². The SMILES string of the molecule is O=C=C1C(=O)CN(OCc2ccccc2)[C@@H]1C(=O)O. The van der Waals surface area contributed by atoms with Crippen molar-refractivity contribution in [1.82, 2.24) is 5.06 Å². The molecule has 6 heteroatoms. The number of carbonyl (C=O) groups excluding carboxylic acids is 2. The molecule has 0 unspecified atom stereocenters. The third-order valence-corrected chi connectivity index (χ3v) is 2.75. The minimum absolute atomic E-state index is 0.129. The second kappa shape index (κ2) is 5.58. The van der Waals surface area contributed by atoms with E-state index in [0.29, 0.717) is 0 Å². The first-order chi connectivity index (χ1) is 9.13. The number of aliphatic carboxylic acids is 1. The fourth-order valence-corrected chi connectivity index (χ4v) is 1.83. The molecular formula is C13H11NO5. The molecule has 0 aliphatic carbocycles. The van der Waals surface area contributed by atoms with E-state index in [1.807, 2.05) is 30.3 Å². The molecule has 1 heterocycles. The third kappa shape index (κ3) is 2.77. The number of benzene rings is 1. The number of carbonyl (C=O) groups is 2. The van der Waals surface area contributed by atoms with Gasteiger partial charge in [0, 0.05) is 0 Å². The zero-order valence-electron chi connectivity index (χ0n) is 9.91. The monoisotopic (exact) mass is 261 g/mol. The summed E-state index contributed by atoms with van der Waals surface area (Å²) >= 11 is 0. The van der Waals surface area contributed by atoms with Crippen LogP contribution in [0.2, 0.25) is 0 Å². The Kier molecular flexibility index (Phi) is 3.87. The van der Waals surface area contributed by atoms with Gasteiger partial charge >= 0.3 is 5.97 Å². The molecule has 19 heavy (non-hydrogen) atoms. The van der Waals surface area contributed by atoms with Gasteiger partial charge in [0.1, 0.15) is 11.5 Å². The number of nitrogens with zero attached hydrogens (tertiary/aromatic N) is 1. The van der Waals surface area contributed by atoms with E-state index in [9.17, 15) is 14.4 Å². The lowest BCUT2D eigenvalue weighted by molar-refractivity contribution is -0.189. The summed E-state index contributed by atoms with van der Waals surface area (Å²) in [5, 5.41) is 10.0. The maximum atomic E-state index is 11.5. The summed E-state index contributed by atoms with van der Waals surface area (Å²) in [5.74, 6) is -0.494. The van der Waals surface area contributed by atoms with Crippen LogP contribution in [0.25, 0.3) is 0 Å². The molecule has 1 aromatic carbocycles. The lowest BCUT2D eigenvalue weighted by Crippen LogP contribution is -2.36. The van der Waals surface area contributed by atoms with Crippen molar-refractivity contribution in [2.75, 3.05) is 6.54 Å². The number of hydrogen-bond donors (Lipinski definition) is 1.